The summed E-state index contributed by atoms with van der Waals surface area (Å²) in [5, 5.41) is 8.60. The number of amides is 1. The molecule has 0 aliphatic carbocycles. The first-order valence-corrected chi connectivity index (χ1v) is 7.77. The Morgan fingerprint density at radius 1 is 1.42 bits per heavy atom. The molecule has 7 nitrogen and oxygen atoms in total. The smallest absolute Gasteiger partial charge is 0.267 e. The van der Waals surface area contributed by atoms with E-state index in [1.807, 2.05) is 26.8 Å². The van der Waals surface area contributed by atoms with Crippen LogP contribution < -0.4 is 16.8 Å². The molecule has 0 aliphatic rings. The topological polar surface area (TPSA) is 106 Å². The maximum absolute atomic E-state index is 12.9. The number of nitrogens with two attached hydrogens (primary N) is 1. The molecule has 0 saturated heterocycles. The van der Waals surface area contributed by atoms with Crippen LogP contribution in [0.5, 0.6) is 0 Å². The summed E-state index contributed by atoms with van der Waals surface area (Å²) in [4.78, 5) is 29.2. The van der Waals surface area contributed by atoms with E-state index in [2.05, 4.69) is 4.98 Å². The van der Waals surface area contributed by atoms with E-state index >= 15 is 0 Å². The van der Waals surface area contributed by atoms with Crippen molar-refractivity contribution in [3.63, 3.8) is 0 Å². The fourth-order valence-electron chi connectivity index (χ4n) is 2.80. The second-order valence-electron chi connectivity index (χ2n) is 5.99. The van der Waals surface area contributed by atoms with Crippen LogP contribution in [0, 0.1) is 12.3 Å². The van der Waals surface area contributed by atoms with E-state index in [4.69, 9.17) is 11.1 Å². The highest BCUT2D eigenvalue weighted by molar-refractivity contribution is 5.95. The van der Waals surface area contributed by atoms with Crippen LogP contribution in [0.25, 0.3) is 16.7 Å². The van der Waals surface area contributed by atoms with Crippen LogP contribution in [-0.4, -0.2) is 19.9 Å². The number of rotatable bonds is 3. The summed E-state index contributed by atoms with van der Waals surface area (Å²) in [5.74, 6) is -0.729. The minimum Gasteiger partial charge on any atom is -0.365 e. The van der Waals surface area contributed by atoms with Gasteiger partial charge in [0.1, 0.15) is 16.8 Å². The van der Waals surface area contributed by atoms with Crippen molar-refractivity contribution in [3.8, 4) is 0 Å². The van der Waals surface area contributed by atoms with E-state index in [9.17, 15) is 9.59 Å². The van der Waals surface area contributed by atoms with Crippen LogP contribution in [0.4, 0.5) is 0 Å². The molecule has 0 aromatic carbocycles. The van der Waals surface area contributed by atoms with Gasteiger partial charge in [-0.3, -0.25) is 19.4 Å². The summed E-state index contributed by atoms with van der Waals surface area (Å²) >= 11 is 0. The van der Waals surface area contributed by atoms with Gasteiger partial charge in [0.25, 0.3) is 11.5 Å². The Labute approximate surface area is 137 Å². The maximum Gasteiger partial charge on any atom is 0.267 e. The fraction of sp³-hybridized carbons (Fsp3) is 0.294. The van der Waals surface area contributed by atoms with Crippen molar-refractivity contribution in [1.29, 1.82) is 5.41 Å². The summed E-state index contributed by atoms with van der Waals surface area (Å²) in [5.41, 5.74) is 6.95. The summed E-state index contributed by atoms with van der Waals surface area (Å²) in [6.45, 7) is 5.77. The molecule has 7 heteroatoms. The normalized spacial score (nSPS) is 12.6. The van der Waals surface area contributed by atoms with Crippen molar-refractivity contribution in [3.05, 3.63) is 51.4 Å². The van der Waals surface area contributed by atoms with E-state index in [1.165, 1.54) is 10.5 Å². The molecule has 0 aliphatic heterocycles. The largest absolute Gasteiger partial charge is 0.365 e. The summed E-state index contributed by atoms with van der Waals surface area (Å²) in [6, 6.07) is 4.92. The highest BCUT2D eigenvalue weighted by Crippen LogP contribution is 2.16. The molecule has 1 amide bonds. The van der Waals surface area contributed by atoms with Gasteiger partial charge in [-0.1, -0.05) is 13.0 Å². The first-order valence-electron chi connectivity index (χ1n) is 7.77. The zero-order valence-electron chi connectivity index (χ0n) is 13.8. The van der Waals surface area contributed by atoms with E-state index in [0.29, 0.717) is 11.3 Å². The molecule has 0 unspecified atom stereocenters. The Morgan fingerprint density at radius 2 is 2.12 bits per heavy atom. The molecule has 3 aromatic heterocycles. The van der Waals surface area contributed by atoms with Crippen LogP contribution in [-0.2, 0) is 0 Å². The van der Waals surface area contributed by atoms with Gasteiger partial charge in [0.15, 0.2) is 0 Å². The number of nitrogens with one attached hydrogen (secondary N) is 1. The predicted octanol–water partition coefficient (Wildman–Crippen LogP) is 1.51. The predicted molar refractivity (Wildman–Crippen MR) is 91.1 cm³/mol. The Bertz CT molecular complexity index is 1090. The van der Waals surface area contributed by atoms with Gasteiger partial charge in [0.05, 0.1) is 10.9 Å². The first kappa shape index (κ1) is 15.9. The van der Waals surface area contributed by atoms with Crippen LogP contribution >= 0.6 is 0 Å². The van der Waals surface area contributed by atoms with Crippen molar-refractivity contribution < 1.29 is 4.79 Å². The van der Waals surface area contributed by atoms with Crippen LogP contribution in [0.1, 0.15) is 42.2 Å². The molecule has 0 radical (unpaired) electrons. The Kier molecular flexibility index (Phi) is 3.71. The second-order valence-corrected chi connectivity index (χ2v) is 5.99. The molecule has 124 valence electrons. The quantitative estimate of drug-likeness (QED) is 0.713. The number of carbonyl (C=O) groups is 1. The lowest BCUT2D eigenvalue weighted by atomic mass is 10.1. The number of hydrogen-bond donors (Lipinski definition) is 2. The zero-order valence-corrected chi connectivity index (χ0v) is 13.8. The molecule has 3 N–H and O–H groups in total. The van der Waals surface area contributed by atoms with Crippen LogP contribution in [0.3, 0.4) is 0 Å². The Hall–Kier alpha value is -2.96. The second kappa shape index (κ2) is 5.59. The van der Waals surface area contributed by atoms with E-state index in [-0.39, 0.29) is 28.0 Å². The molecule has 0 fully saturated rings. The van der Waals surface area contributed by atoms with Gasteiger partial charge in [-0.05, 0) is 38.0 Å². The molecule has 3 aromatic rings. The average Bonchev–Trinajstić information content (AvgIpc) is 2.54. The summed E-state index contributed by atoms with van der Waals surface area (Å²) in [7, 11) is 0. The molecular weight excluding hydrogens is 306 g/mol. The number of hydrogen-bond acceptors (Lipinski definition) is 4. The average molecular weight is 325 g/mol. The molecule has 1 atom stereocenters. The lowest BCUT2D eigenvalue weighted by Gasteiger charge is -2.18. The van der Waals surface area contributed by atoms with Gasteiger partial charge in [0, 0.05) is 12.2 Å². The number of nitrogens with zero attached hydrogens (tertiary/aromatic N) is 3. The SMILES string of the molecule is CC[C@@H](C)n1c(=N)c(C(N)=O)cc2c(=O)n3cc(C)ccc3nc21. The van der Waals surface area contributed by atoms with Crippen molar-refractivity contribution in [1.82, 2.24) is 14.0 Å². The van der Waals surface area contributed by atoms with Crippen molar-refractivity contribution >= 4 is 22.6 Å². The molecule has 3 heterocycles. The lowest BCUT2D eigenvalue weighted by Crippen LogP contribution is -2.33. The highest BCUT2D eigenvalue weighted by Gasteiger charge is 2.18. The van der Waals surface area contributed by atoms with Crippen LogP contribution in [0.15, 0.2) is 29.2 Å². The van der Waals surface area contributed by atoms with E-state index < -0.39 is 5.91 Å². The molecular formula is C17H19N5O2. The number of primary amides is 1. The van der Waals surface area contributed by atoms with Gasteiger partial charge in [0.2, 0.25) is 0 Å². The lowest BCUT2D eigenvalue weighted by molar-refractivity contribution is 0.0998. The van der Waals surface area contributed by atoms with Gasteiger partial charge < -0.3 is 10.3 Å². The molecule has 24 heavy (non-hydrogen) atoms. The molecule has 0 spiro atoms. The third-order valence-corrected chi connectivity index (χ3v) is 4.30. The zero-order chi connectivity index (χ0) is 17.6. The fourth-order valence-corrected chi connectivity index (χ4v) is 2.80. The minimum absolute atomic E-state index is 0.0206. The van der Waals surface area contributed by atoms with Crippen molar-refractivity contribution in [2.45, 2.75) is 33.2 Å². The monoisotopic (exact) mass is 325 g/mol. The number of aryl methyl sites for hydroxylation is 1. The Balaban J connectivity index is 2.60. The third-order valence-electron chi connectivity index (χ3n) is 4.30. The summed E-state index contributed by atoms with van der Waals surface area (Å²) < 4.78 is 3.06. The number of fused-ring (bicyclic) bond motifs is 2. The minimum atomic E-state index is -0.729. The molecule has 0 bridgehead atoms. The number of carbonyl (C=O) groups excluding carboxylic acids is 1. The standard InChI is InChI=1S/C17H19N5O2/c1-4-10(3)22-14(18)11(15(19)23)7-12-16(22)20-13-6-5-9(2)8-21(13)17(12)24/h5-8,10,18H,4H2,1-3H3,(H2,19,23)/t10-/m1/s1. The third kappa shape index (κ3) is 2.29. The number of aromatic nitrogens is 3. The van der Waals surface area contributed by atoms with E-state index in [0.717, 1.165) is 12.0 Å². The van der Waals surface area contributed by atoms with Crippen molar-refractivity contribution in [2.24, 2.45) is 5.73 Å². The van der Waals surface area contributed by atoms with E-state index in [1.54, 1.807) is 16.8 Å². The first-order chi connectivity index (χ1) is 11.3. The van der Waals surface area contributed by atoms with Gasteiger partial charge >= 0.3 is 0 Å². The highest BCUT2D eigenvalue weighted by atomic mass is 16.1. The molecule has 3 rings (SSSR count). The maximum atomic E-state index is 12.9. The number of pyridine rings is 2. The molecule has 0 saturated carbocycles. The van der Waals surface area contributed by atoms with Gasteiger partial charge in [-0.15, -0.1) is 0 Å². The van der Waals surface area contributed by atoms with Crippen molar-refractivity contribution in [2.75, 3.05) is 0 Å². The van der Waals surface area contributed by atoms with Crippen LogP contribution in [0.2, 0.25) is 0 Å². The summed E-state index contributed by atoms with van der Waals surface area (Å²) in [6.07, 6.45) is 2.43. The van der Waals surface area contributed by atoms with Gasteiger partial charge in [-0.2, -0.15) is 0 Å². The van der Waals surface area contributed by atoms with Gasteiger partial charge in [-0.25, -0.2) is 4.98 Å². The Morgan fingerprint density at radius 3 is 2.75 bits per heavy atom.